The van der Waals surface area contributed by atoms with Crippen molar-refractivity contribution in [2.24, 2.45) is 5.41 Å². The number of anilines is 3. The van der Waals surface area contributed by atoms with Gasteiger partial charge in [-0.1, -0.05) is 62.2 Å². The summed E-state index contributed by atoms with van der Waals surface area (Å²) in [6.45, 7) is 6.09. The molecule has 2 heterocycles. The Morgan fingerprint density at radius 1 is 1.07 bits per heavy atom. The lowest BCUT2D eigenvalue weighted by atomic mass is 9.62. The molecule has 0 saturated carbocycles. The van der Waals surface area contributed by atoms with E-state index >= 15 is 4.39 Å². The van der Waals surface area contributed by atoms with Crippen molar-refractivity contribution in [2.75, 3.05) is 23.0 Å². The number of carboxylic acids is 1. The fourth-order valence-corrected chi connectivity index (χ4v) is 6.71. The van der Waals surface area contributed by atoms with E-state index < -0.39 is 41.1 Å². The van der Waals surface area contributed by atoms with Crippen LogP contribution < -0.4 is 21.3 Å². The molecule has 2 aliphatic rings. The molecule has 4 unspecified atom stereocenters. The van der Waals surface area contributed by atoms with Crippen LogP contribution in [-0.2, 0) is 15.0 Å². The summed E-state index contributed by atoms with van der Waals surface area (Å²) in [4.78, 5) is 39.9. The van der Waals surface area contributed by atoms with Gasteiger partial charge >= 0.3 is 5.97 Å². The summed E-state index contributed by atoms with van der Waals surface area (Å²) in [7, 11) is 1.61. The van der Waals surface area contributed by atoms with E-state index in [0.717, 1.165) is 0 Å². The number of benzene rings is 3. The van der Waals surface area contributed by atoms with Crippen LogP contribution >= 0.6 is 23.2 Å². The van der Waals surface area contributed by atoms with Crippen molar-refractivity contribution in [3.63, 3.8) is 0 Å². The summed E-state index contributed by atoms with van der Waals surface area (Å²) in [5, 5.41) is 21.9. The van der Waals surface area contributed by atoms with Crippen LogP contribution in [0.2, 0.25) is 10.0 Å². The summed E-state index contributed by atoms with van der Waals surface area (Å²) in [5.74, 6) is -3.73. The minimum Gasteiger partial charge on any atom is -0.478 e. The van der Waals surface area contributed by atoms with Gasteiger partial charge < -0.3 is 26.4 Å². The molecular formula is C31H31Cl2FN4O4. The highest BCUT2D eigenvalue weighted by atomic mass is 35.5. The molecule has 0 radical (unpaired) electrons. The summed E-state index contributed by atoms with van der Waals surface area (Å²) >= 11 is 12.5. The molecule has 42 heavy (non-hydrogen) atoms. The molecule has 3 aromatic carbocycles. The highest BCUT2D eigenvalue weighted by Gasteiger charge is 2.66. The molecule has 220 valence electrons. The molecule has 0 bridgehead atoms. The maximum Gasteiger partial charge on any atom is 0.335 e. The number of fused-ring (bicyclic) bond motifs is 2. The number of carbonyl (C=O) groups excluding carboxylic acids is 2. The maximum absolute atomic E-state index is 15.9. The van der Waals surface area contributed by atoms with E-state index in [9.17, 15) is 19.5 Å². The monoisotopic (exact) mass is 612 g/mol. The lowest BCUT2D eigenvalue weighted by Crippen LogP contribution is -2.49. The fourth-order valence-electron chi connectivity index (χ4n) is 6.36. The molecule has 2 amide bonds. The quantitative estimate of drug-likeness (QED) is 0.224. The van der Waals surface area contributed by atoms with Crippen molar-refractivity contribution in [2.45, 2.75) is 50.6 Å². The number of carboxylic acid groups (broad SMARTS) is 1. The first-order valence-electron chi connectivity index (χ1n) is 13.5. The van der Waals surface area contributed by atoms with E-state index in [-0.39, 0.29) is 27.5 Å². The van der Waals surface area contributed by atoms with Gasteiger partial charge in [0, 0.05) is 29.7 Å². The van der Waals surface area contributed by atoms with Gasteiger partial charge in [0.15, 0.2) is 0 Å². The number of rotatable bonds is 6. The molecule has 5 rings (SSSR count). The summed E-state index contributed by atoms with van der Waals surface area (Å²) in [5.41, 5.74) is 0.317. The number of halogens is 3. The second kappa shape index (κ2) is 10.9. The average molecular weight is 614 g/mol. The second-order valence-electron chi connectivity index (χ2n) is 11.9. The first kappa shape index (κ1) is 29.8. The van der Waals surface area contributed by atoms with Gasteiger partial charge in [0.2, 0.25) is 11.8 Å². The minimum atomic E-state index is -1.39. The Bertz CT molecular complexity index is 1610. The number of hydrogen-bond donors (Lipinski definition) is 5. The fraction of sp³-hybridized carbons (Fsp3) is 0.323. The van der Waals surface area contributed by atoms with Crippen LogP contribution in [-0.4, -0.2) is 42.0 Å². The molecule has 3 aromatic rings. The van der Waals surface area contributed by atoms with Gasteiger partial charge in [0.05, 0.1) is 28.0 Å². The van der Waals surface area contributed by atoms with Crippen LogP contribution in [0.1, 0.15) is 54.6 Å². The zero-order valence-corrected chi connectivity index (χ0v) is 25.0. The van der Waals surface area contributed by atoms with Crippen molar-refractivity contribution in [1.29, 1.82) is 0 Å². The summed E-state index contributed by atoms with van der Waals surface area (Å²) in [6, 6.07) is 12.3. The normalized spacial score (nSPS) is 23.0. The lowest BCUT2D eigenvalue weighted by molar-refractivity contribution is -0.122. The van der Waals surface area contributed by atoms with E-state index in [1.807, 2.05) is 20.8 Å². The molecule has 8 nitrogen and oxygen atoms in total. The highest BCUT2D eigenvalue weighted by molar-refractivity contribution is 6.31. The smallest absolute Gasteiger partial charge is 0.335 e. The predicted molar refractivity (Wildman–Crippen MR) is 162 cm³/mol. The Kier molecular flexibility index (Phi) is 7.72. The number of carbonyl (C=O) groups is 3. The zero-order valence-electron chi connectivity index (χ0n) is 23.4. The Morgan fingerprint density at radius 3 is 2.48 bits per heavy atom. The van der Waals surface area contributed by atoms with Gasteiger partial charge in [-0.05, 0) is 59.4 Å². The van der Waals surface area contributed by atoms with E-state index in [4.69, 9.17) is 23.2 Å². The zero-order chi connectivity index (χ0) is 30.6. The topological polar surface area (TPSA) is 120 Å². The SMILES string of the molecule is CNc1cc(C(=O)O)ccc1NC(=O)C1NC(CC(C)(C)C)C2(C(=O)Nc3cc(Cl)ccc32)C1c1cccc(Cl)c1F. The Morgan fingerprint density at radius 2 is 1.81 bits per heavy atom. The summed E-state index contributed by atoms with van der Waals surface area (Å²) < 4.78 is 15.9. The molecule has 0 aromatic heterocycles. The van der Waals surface area contributed by atoms with E-state index in [0.29, 0.717) is 34.1 Å². The van der Waals surface area contributed by atoms with Gasteiger partial charge in [-0.15, -0.1) is 0 Å². The van der Waals surface area contributed by atoms with Gasteiger partial charge in [0.25, 0.3) is 0 Å². The number of aromatic carboxylic acids is 1. The maximum atomic E-state index is 15.9. The third-order valence-electron chi connectivity index (χ3n) is 8.01. The molecule has 0 aliphatic carbocycles. The first-order chi connectivity index (χ1) is 19.8. The third kappa shape index (κ3) is 4.99. The number of amides is 2. The van der Waals surface area contributed by atoms with Gasteiger partial charge in [-0.2, -0.15) is 0 Å². The van der Waals surface area contributed by atoms with Crippen molar-refractivity contribution in [3.05, 3.63) is 87.2 Å². The van der Waals surface area contributed by atoms with Crippen molar-refractivity contribution >= 4 is 58.0 Å². The molecular weight excluding hydrogens is 582 g/mol. The first-order valence-corrected chi connectivity index (χ1v) is 14.2. The van der Waals surface area contributed by atoms with Crippen LogP contribution in [0, 0.1) is 11.2 Å². The molecule has 1 spiro atoms. The van der Waals surface area contributed by atoms with Crippen molar-refractivity contribution in [1.82, 2.24) is 5.32 Å². The van der Waals surface area contributed by atoms with E-state index in [2.05, 4.69) is 21.3 Å². The van der Waals surface area contributed by atoms with Crippen LogP contribution in [0.5, 0.6) is 0 Å². The Balaban J connectivity index is 1.70. The molecule has 4 atom stereocenters. The van der Waals surface area contributed by atoms with Crippen LogP contribution in [0.15, 0.2) is 54.6 Å². The van der Waals surface area contributed by atoms with Gasteiger partial charge in [0.1, 0.15) is 11.2 Å². The number of hydrogen-bond acceptors (Lipinski definition) is 5. The molecule has 5 N–H and O–H groups in total. The van der Waals surface area contributed by atoms with Crippen LogP contribution in [0.3, 0.4) is 0 Å². The molecule has 11 heteroatoms. The molecule has 1 fully saturated rings. The van der Waals surface area contributed by atoms with Gasteiger partial charge in [-0.3, -0.25) is 9.59 Å². The average Bonchev–Trinajstić information content (AvgIpc) is 3.39. The largest absolute Gasteiger partial charge is 0.478 e. The van der Waals surface area contributed by atoms with E-state index in [1.54, 1.807) is 37.4 Å². The Hall–Kier alpha value is -3.66. The van der Waals surface area contributed by atoms with Crippen LogP contribution in [0.25, 0.3) is 0 Å². The molecule has 2 aliphatic heterocycles. The number of nitrogens with one attached hydrogen (secondary N) is 4. The van der Waals surface area contributed by atoms with Crippen molar-refractivity contribution < 1.29 is 23.9 Å². The lowest BCUT2D eigenvalue weighted by Gasteiger charge is -2.37. The standard InChI is InChI=1S/C31H31Cl2FN4O4/c1-30(2,3)14-23-31(18-10-9-16(32)13-21(18)37-29(31)42)24(17-6-5-7-19(33)25(17)34)26(38-23)27(39)36-20-11-8-15(28(40)41)12-22(20)35-4/h5-13,23-24,26,35,38H,14H2,1-4H3,(H,36,39)(H,37,42)(H,40,41). The summed E-state index contributed by atoms with van der Waals surface area (Å²) in [6.07, 6.45) is 0.472. The van der Waals surface area contributed by atoms with Crippen molar-refractivity contribution in [3.8, 4) is 0 Å². The predicted octanol–water partition coefficient (Wildman–Crippen LogP) is 6.26. The van der Waals surface area contributed by atoms with E-state index in [1.165, 1.54) is 24.3 Å². The minimum absolute atomic E-state index is 0.0392. The van der Waals surface area contributed by atoms with Gasteiger partial charge in [-0.25, -0.2) is 9.18 Å². The second-order valence-corrected chi connectivity index (χ2v) is 12.7. The Labute approximate surface area is 253 Å². The van der Waals surface area contributed by atoms with Crippen LogP contribution in [0.4, 0.5) is 21.5 Å². The highest BCUT2D eigenvalue weighted by Crippen LogP contribution is 2.57. The third-order valence-corrected chi connectivity index (χ3v) is 8.54. The molecule has 1 saturated heterocycles.